The third-order valence-electron chi connectivity index (χ3n) is 10.9. The van der Waals surface area contributed by atoms with Crippen molar-refractivity contribution in [3.63, 3.8) is 0 Å². The predicted molar refractivity (Wildman–Crippen MR) is 307 cm³/mol. The van der Waals surface area contributed by atoms with Gasteiger partial charge >= 0.3 is 11.9 Å². The van der Waals surface area contributed by atoms with E-state index < -0.39 is 127 Å². The number of hydrogen-bond donors (Lipinski definition) is 15. The SMILES string of the molecule is CC(C)(C)OC(=O)CNC(CS(C)(=O)=O)C(O)O.CCCC(N)C(O)C(=O)NC[C@@H](O)N[C@H](C)c1ccccc1.CCCC(N[C@@H](O)C(CS(C)(=O)=O)NCC(=O)OC(C)(C)C)C(O)C(=O)NC[C@@H](O)N[C@H](C)c1ccccc1.Cl. The minimum Gasteiger partial charge on any atom is -0.459 e. The van der Waals surface area contributed by atoms with Crippen LogP contribution in [-0.2, 0) is 48.3 Å². The summed E-state index contributed by atoms with van der Waals surface area (Å²) in [5.74, 6) is -3.55. The smallest absolute Gasteiger partial charge is 0.320 e. The highest BCUT2D eigenvalue weighted by atomic mass is 35.5. The molecule has 0 aromatic heterocycles. The first kappa shape index (κ1) is 78.1. The summed E-state index contributed by atoms with van der Waals surface area (Å²) in [5, 5.41) is 88.2. The van der Waals surface area contributed by atoms with Crippen molar-refractivity contribution in [3.05, 3.63) is 71.8 Å². The van der Waals surface area contributed by atoms with E-state index in [0.29, 0.717) is 12.8 Å². The Labute approximate surface area is 479 Å². The first-order valence-electron chi connectivity index (χ1n) is 26.1. The minimum absolute atomic E-state index is 0. The monoisotopic (exact) mass is 1200 g/mol. The summed E-state index contributed by atoms with van der Waals surface area (Å²) in [7, 11) is -6.96. The van der Waals surface area contributed by atoms with Crippen molar-refractivity contribution in [3.8, 4) is 0 Å². The molecule has 28 heteroatoms. The standard InChI is InChI=1S/C26H46N4O8S.C16H27N3O3.C10H21NO6S.ClH/c1-7-11-19(23(33)25(35)28-14-21(31)29-17(2)18-12-9-8-10-13-18)30-24(34)20(16-39(6,36)37)27-15-22(32)38-26(3,4)5;1-3-7-13(17)15(21)16(22)18-10-14(20)19-11(2)12-8-5-4-6-9-12;1-10(2,3)17-8(12)5-11-7(9(13)14)6-18(4,15)16;/h8-10,12-13,17,19-21,23-24,27,29-31,33-34H,7,11,14-16H2,1-6H3,(H,28,35);4-6,8-9,11,13-15,19-21H,3,7,10,17H2,1-2H3,(H,18,22);7,9,11,13-14H,5-6H2,1-4H3;1H/t17-,19?,20?,21-,23?,24+;11-,13?,14-,15?;;/m11../s1. The lowest BCUT2D eigenvalue weighted by atomic mass is 10.0. The molecular weight excluding hydrogens is 1110 g/mol. The van der Waals surface area contributed by atoms with E-state index in [-0.39, 0.29) is 57.1 Å². The van der Waals surface area contributed by atoms with E-state index in [0.717, 1.165) is 30.1 Å². The Bertz CT molecular complexity index is 2280. The number of nitrogens with one attached hydrogen (secondary N) is 7. The van der Waals surface area contributed by atoms with Crippen LogP contribution in [0.25, 0.3) is 0 Å². The highest BCUT2D eigenvalue weighted by Crippen LogP contribution is 2.14. The average molecular weight is 1200 g/mol. The van der Waals surface area contributed by atoms with Crippen molar-refractivity contribution < 1.29 is 81.2 Å². The lowest BCUT2D eigenvalue weighted by Crippen LogP contribution is -2.59. The molecule has 0 aliphatic heterocycles. The van der Waals surface area contributed by atoms with Gasteiger partial charge in [-0.1, -0.05) is 87.4 Å². The first-order chi connectivity index (χ1) is 36.4. The summed E-state index contributed by atoms with van der Waals surface area (Å²) in [6, 6.07) is 15.1. The zero-order valence-electron chi connectivity index (χ0n) is 48.3. The summed E-state index contributed by atoms with van der Waals surface area (Å²) >= 11 is 0. The minimum atomic E-state index is -3.58. The molecule has 80 heavy (non-hydrogen) atoms. The van der Waals surface area contributed by atoms with Crippen LogP contribution in [-0.4, -0.2) is 199 Å². The maximum Gasteiger partial charge on any atom is 0.320 e. The number of amides is 2. The van der Waals surface area contributed by atoms with Crippen molar-refractivity contribution in [2.24, 2.45) is 5.73 Å². The summed E-state index contributed by atoms with van der Waals surface area (Å²) in [5.41, 5.74) is 6.30. The van der Waals surface area contributed by atoms with Gasteiger partial charge in [0.25, 0.3) is 11.8 Å². The fraction of sp³-hybridized carbons (Fsp3) is 0.692. The molecule has 2 rings (SSSR count). The van der Waals surface area contributed by atoms with Gasteiger partial charge in [-0.15, -0.1) is 12.4 Å². The van der Waals surface area contributed by atoms with Gasteiger partial charge in [-0.3, -0.25) is 45.8 Å². The van der Waals surface area contributed by atoms with Crippen LogP contribution in [0, 0.1) is 0 Å². The topological polar surface area (TPSA) is 407 Å². The number of hydrogen-bond acceptors (Lipinski definition) is 23. The molecule has 11 atom stereocenters. The molecule has 16 N–H and O–H groups in total. The maximum absolute atomic E-state index is 12.7. The van der Waals surface area contributed by atoms with Crippen LogP contribution in [0.5, 0.6) is 0 Å². The second-order valence-electron chi connectivity index (χ2n) is 21.2. The number of carbonyl (C=O) groups is 4. The number of ether oxygens (including phenoxy) is 2. The van der Waals surface area contributed by atoms with E-state index >= 15 is 0 Å². The van der Waals surface area contributed by atoms with Crippen LogP contribution in [0.4, 0.5) is 0 Å². The molecule has 0 spiro atoms. The number of aliphatic hydroxyl groups excluding tert-OH is 6. The van der Waals surface area contributed by atoms with Gasteiger partial charge in [-0.05, 0) is 79.4 Å². The van der Waals surface area contributed by atoms with E-state index in [1.165, 1.54) is 0 Å². The van der Waals surface area contributed by atoms with Crippen molar-refractivity contribution in [2.45, 2.75) is 180 Å². The number of benzene rings is 2. The van der Waals surface area contributed by atoms with Gasteiger partial charge in [-0.2, -0.15) is 0 Å². The molecule has 25 nitrogen and oxygen atoms in total. The highest BCUT2D eigenvalue weighted by molar-refractivity contribution is 7.91. The van der Waals surface area contributed by atoms with Gasteiger partial charge < -0.3 is 61.6 Å². The summed E-state index contributed by atoms with van der Waals surface area (Å²) < 4.78 is 56.2. The zero-order valence-corrected chi connectivity index (χ0v) is 50.7. The molecule has 0 radical (unpaired) electrons. The van der Waals surface area contributed by atoms with Crippen molar-refractivity contribution in [2.75, 3.05) is 50.2 Å². The summed E-state index contributed by atoms with van der Waals surface area (Å²) in [6.45, 7) is 16.9. The van der Waals surface area contributed by atoms with Gasteiger partial charge in [0, 0.05) is 36.7 Å². The lowest BCUT2D eigenvalue weighted by Gasteiger charge is -2.31. The largest absolute Gasteiger partial charge is 0.459 e. The molecular formula is C52H95ClN8O17S2. The quantitative estimate of drug-likeness (QED) is 0.0305. The van der Waals surface area contributed by atoms with Gasteiger partial charge in [-0.25, -0.2) is 16.8 Å². The Morgan fingerprint density at radius 2 is 0.925 bits per heavy atom. The number of sulfone groups is 2. The second kappa shape index (κ2) is 38.7. The molecule has 0 fully saturated rings. The maximum atomic E-state index is 12.7. The lowest BCUT2D eigenvalue weighted by molar-refractivity contribution is -0.155. The Morgan fingerprint density at radius 1 is 0.562 bits per heavy atom. The molecule has 6 unspecified atom stereocenters. The predicted octanol–water partition coefficient (Wildman–Crippen LogP) is -1.12. The Morgan fingerprint density at radius 3 is 1.27 bits per heavy atom. The normalized spacial score (nSPS) is 16.1. The van der Waals surface area contributed by atoms with Crippen molar-refractivity contribution >= 4 is 55.8 Å². The number of carbonyl (C=O) groups excluding carboxylic acids is 4. The number of aliphatic hydroxyl groups is 7. The zero-order chi connectivity index (χ0) is 60.9. The third kappa shape index (κ3) is 37.9. The van der Waals surface area contributed by atoms with E-state index in [9.17, 15) is 61.5 Å². The Balaban J connectivity index is 0. The Kier molecular flexibility index (Phi) is 37.8. The van der Waals surface area contributed by atoms with Crippen LogP contribution < -0.4 is 43.0 Å². The molecule has 0 aliphatic rings. The van der Waals surface area contributed by atoms with Gasteiger partial charge in [0.05, 0.1) is 49.8 Å². The van der Waals surface area contributed by atoms with E-state index in [1.807, 2.05) is 88.4 Å². The van der Waals surface area contributed by atoms with Crippen LogP contribution in [0.1, 0.15) is 118 Å². The number of halogens is 1. The first-order valence-corrected chi connectivity index (χ1v) is 30.2. The van der Waals surface area contributed by atoms with Gasteiger partial charge in [0.15, 0.2) is 6.29 Å². The average Bonchev–Trinajstić information content (AvgIpc) is 3.33. The van der Waals surface area contributed by atoms with Crippen LogP contribution in [0.3, 0.4) is 0 Å². The molecule has 2 aromatic rings. The molecule has 2 amide bonds. The van der Waals surface area contributed by atoms with Crippen LogP contribution >= 0.6 is 12.4 Å². The molecule has 0 saturated carbocycles. The van der Waals surface area contributed by atoms with Crippen molar-refractivity contribution in [1.29, 1.82) is 0 Å². The van der Waals surface area contributed by atoms with Crippen molar-refractivity contribution in [1.82, 2.24) is 37.2 Å². The van der Waals surface area contributed by atoms with Gasteiger partial charge in [0.1, 0.15) is 61.8 Å². The van der Waals surface area contributed by atoms with Gasteiger partial charge in [0.2, 0.25) is 0 Å². The second-order valence-corrected chi connectivity index (χ2v) is 25.6. The summed E-state index contributed by atoms with van der Waals surface area (Å²) in [4.78, 5) is 47.8. The Hall–Kier alpha value is -4.01. The fourth-order valence-corrected chi connectivity index (χ4v) is 9.07. The molecule has 0 saturated heterocycles. The molecule has 464 valence electrons. The molecule has 0 aliphatic carbocycles. The van der Waals surface area contributed by atoms with Crippen LogP contribution in [0.15, 0.2) is 60.7 Å². The van der Waals surface area contributed by atoms with E-state index in [2.05, 4.69) is 37.2 Å². The van der Waals surface area contributed by atoms with E-state index in [4.69, 9.17) is 25.4 Å². The van der Waals surface area contributed by atoms with E-state index in [1.54, 1.807) is 41.5 Å². The molecule has 0 heterocycles. The highest BCUT2D eigenvalue weighted by Gasteiger charge is 2.32. The fourth-order valence-electron chi connectivity index (χ4n) is 7.17. The number of esters is 2. The van der Waals surface area contributed by atoms with Crippen LogP contribution in [0.2, 0.25) is 0 Å². The molecule has 0 bridgehead atoms. The molecule has 2 aromatic carbocycles. The third-order valence-corrected chi connectivity index (χ3v) is 12.8. The number of nitrogens with two attached hydrogens (primary N) is 1. The summed E-state index contributed by atoms with van der Waals surface area (Å²) in [6.07, 6.45) is -4.12. The number of rotatable bonds is 32.